The molecule has 1 aliphatic heterocycles. The molecule has 1 heterocycles. The Labute approximate surface area is 111 Å². The van der Waals surface area contributed by atoms with Gasteiger partial charge in [0.05, 0.1) is 23.7 Å². The predicted molar refractivity (Wildman–Crippen MR) is 70.8 cm³/mol. The van der Waals surface area contributed by atoms with Gasteiger partial charge in [-0.15, -0.1) is 0 Å². The zero-order valence-electron chi connectivity index (χ0n) is 10.9. The third-order valence-electron chi connectivity index (χ3n) is 2.94. The quantitative estimate of drug-likeness (QED) is 0.652. The number of nitro groups is 1. The molecule has 0 saturated carbocycles. The molecule has 6 heteroatoms. The van der Waals surface area contributed by atoms with Gasteiger partial charge < -0.3 is 14.8 Å². The van der Waals surface area contributed by atoms with Gasteiger partial charge >= 0.3 is 0 Å². The van der Waals surface area contributed by atoms with Gasteiger partial charge in [0.15, 0.2) is 0 Å². The van der Waals surface area contributed by atoms with Gasteiger partial charge in [0.25, 0.3) is 5.69 Å². The molecule has 2 rings (SSSR count). The van der Waals surface area contributed by atoms with Gasteiger partial charge in [-0.2, -0.15) is 0 Å². The number of nitro benzene ring substituents is 1. The number of hydrogen-bond donors (Lipinski definition) is 1. The first-order chi connectivity index (χ1) is 9.19. The molecule has 0 unspecified atom stereocenters. The van der Waals surface area contributed by atoms with Crippen LogP contribution in [0.1, 0.15) is 19.8 Å². The van der Waals surface area contributed by atoms with Crippen molar-refractivity contribution < 1.29 is 14.4 Å². The summed E-state index contributed by atoms with van der Waals surface area (Å²) in [6, 6.07) is 4.55. The summed E-state index contributed by atoms with van der Waals surface area (Å²) in [4.78, 5) is 10.4. The fraction of sp³-hybridized carbons (Fsp3) is 0.538. The summed E-state index contributed by atoms with van der Waals surface area (Å²) in [7, 11) is 0. The first kappa shape index (κ1) is 13.6. The van der Waals surface area contributed by atoms with Crippen LogP contribution in [0.3, 0.4) is 0 Å². The van der Waals surface area contributed by atoms with E-state index in [1.807, 2.05) is 6.92 Å². The van der Waals surface area contributed by atoms with Crippen molar-refractivity contribution in [1.82, 2.24) is 5.32 Å². The maximum Gasteiger partial charge on any atom is 0.276 e. The molecule has 0 radical (unpaired) electrons. The van der Waals surface area contributed by atoms with Gasteiger partial charge in [-0.3, -0.25) is 10.1 Å². The van der Waals surface area contributed by atoms with Crippen molar-refractivity contribution in [2.24, 2.45) is 0 Å². The molecule has 19 heavy (non-hydrogen) atoms. The molecule has 0 amide bonds. The summed E-state index contributed by atoms with van der Waals surface area (Å²) in [5.74, 6) is 0.960. The Bertz CT molecular complexity index is 444. The number of benzene rings is 1. The van der Waals surface area contributed by atoms with Crippen LogP contribution in [0, 0.1) is 10.1 Å². The minimum absolute atomic E-state index is 0.00952. The lowest BCUT2D eigenvalue weighted by atomic mass is 10.1. The lowest BCUT2D eigenvalue weighted by Crippen LogP contribution is -2.37. The minimum atomic E-state index is -0.436. The average molecular weight is 266 g/mol. The van der Waals surface area contributed by atoms with Crippen molar-refractivity contribution in [3.05, 3.63) is 28.3 Å². The molecule has 0 spiro atoms. The van der Waals surface area contributed by atoms with Gasteiger partial charge in [-0.05, 0) is 26.3 Å². The van der Waals surface area contributed by atoms with E-state index in [2.05, 4.69) is 5.32 Å². The van der Waals surface area contributed by atoms with Crippen molar-refractivity contribution in [2.75, 3.05) is 19.7 Å². The molecule has 1 fully saturated rings. The molecule has 1 N–H and O–H groups in total. The SMILES string of the molecule is CCOc1cc(O[C@H]2CCCNC2)cc([N+](=O)[O-])c1. The second kappa shape index (κ2) is 6.38. The monoisotopic (exact) mass is 266 g/mol. The number of nitrogens with zero attached hydrogens (tertiary/aromatic N) is 1. The van der Waals surface area contributed by atoms with Crippen LogP contribution in [0.2, 0.25) is 0 Å². The van der Waals surface area contributed by atoms with Crippen LogP contribution in [0.5, 0.6) is 11.5 Å². The minimum Gasteiger partial charge on any atom is -0.493 e. The van der Waals surface area contributed by atoms with Crippen LogP contribution >= 0.6 is 0 Å². The van der Waals surface area contributed by atoms with E-state index >= 15 is 0 Å². The van der Waals surface area contributed by atoms with Gasteiger partial charge in [-0.25, -0.2) is 0 Å². The Morgan fingerprint density at radius 1 is 1.42 bits per heavy atom. The van der Waals surface area contributed by atoms with E-state index in [0.29, 0.717) is 18.1 Å². The summed E-state index contributed by atoms with van der Waals surface area (Å²) in [6.45, 7) is 4.07. The maximum absolute atomic E-state index is 10.9. The Morgan fingerprint density at radius 2 is 2.21 bits per heavy atom. The Hall–Kier alpha value is -1.82. The summed E-state index contributed by atoms with van der Waals surface area (Å²) < 4.78 is 11.1. The van der Waals surface area contributed by atoms with Gasteiger partial charge in [0, 0.05) is 12.6 Å². The molecule has 0 aliphatic carbocycles. The maximum atomic E-state index is 10.9. The third-order valence-corrected chi connectivity index (χ3v) is 2.94. The smallest absolute Gasteiger partial charge is 0.276 e. The second-order valence-corrected chi connectivity index (χ2v) is 4.44. The molecular weight excluding hydrogens is 248 g/mol. The molecule has 1 aliphatic rings. The zero-order chi connectivity index (χ0) is 13.7. The number of rotatable bonds is 5. The van der Waals surface area contributed by atoms with Crippen LogP contribution in [-0.4, -0.2) is 30.7 Å². The zero-order valence-corrected chi connectivity index (χ0v) is 10.9. The highest BCUT2D eigenvalue weighted by atomic mass is 16.6. The Balaban J connectivity index is 2.15. The summed E-state index contributed by atoms with van der Waals surface area (Å²) in [6.07, 6.45) is 2.07. The van der Waals surface area contributed by atoms with E-state index in [4.69, 9.17) is 9.47 Å². The molecule has 1 atom stereocenters. The summed E-state index contributed by atoms with van der Waals surface area (Å²) in [5.41, 5.74) is -0.00952. The van der Waals surface area contributed by atoms with Crippen LogP contribution in [0.15, 0.2) is 18.2 Å². The number of nitrogens with one attached hydrogen (secondary N) is 1. The fourth-order valence-corrected chi connectivity index (χ4v) is 2.09. The van der Waals surface area contributed by atoms with E-state index in [1.165, 1.54) is 12.1 Å². The van der Waals surface area contributed by atoms with Crippen LogP contribution in [-0.2, 0) is 0 Å². The van der Waals surface area contributed by atoms with E-state index in [9.17, 15) is 10.1 Å². The molecule has 0 aromatic heterocycles. The van der Waals surface area contributed by atoms with E-state index < -0.39 is 4.92 Å². The number of ether oxygens (including phenoxy) is 2. The summed E-state index contributed by atoms with van der Waals surface area (Å²) in [5, 5.41) is 14.1. The van der Waals surface area contributed by atoms with Crippen molar-refractivity contribution >= 4 is 5.69 Å². The predicted octanol–water partition coefficient (Wildman–Crippen LogP) is 2.12. The molecule has 0 bridgehead atoms. The number of hydrogen-bond acceptors (Lipinski definition) is 5. The van der Waals surface area contributed by atoms with E-state index in [-0.39, 0.29) is 11.8 Å². The second-order valence-electron chi connectivity index (χ2n) is 4.44. The number of non-ortho nitro benzene ring substituents is 1. The topological polar surface area (TPSA) is 73.6 Å². The van der Waals surface area contributed by atoms with E-state index in [0.717, 1.165) is 25.9 Å². The standard InChI is InChI=1S/C13H18N2O4/c1-2-18-12-6-10(15(16)17)7-13(8-12)19-11-4-3-5-14-9-11/h6-8,11,14H,2-5,9H2,1H3/t11-/m0/s1. The highest BCUT2D eigenvalue weighted by Crippen LogP contribution is 2.28. The molecule has 1 aromatic rings. The highest BCUT2D eigenvalue weighted by molar-refractivity contribution is 5.46. The Morgan fingerprint density at radius 3 is 2.84 bits per heavy atom. The first-order valence-corrected chi connectivity index (χ1v) is 6.48. The molecule has 104 valence electrons. The molecule has 1 saturated heterocycles. The van der Waals surface area contributed by atoms with Gasteiger partial charge in [0.2, 0.25) is 0 Å². The van der Waals surface area contributed by atoms with Crippen LogP contribution < -0.4 is 14.8 Å². The summed E-state index contributed by atoms with van der Waals surface area (Å²) >= 11 is 0. The highest BCUT2D eigenvalue weighted by Gasteiger charge is 2.17. The van der Waals surface area contributed by atoms with Crippen molar-refractivity contribution in [1.29, 1.82) is 0 Å². The number of piperidine rings is 1. The average Bonchev–Trinajstić information content (AvgIpc) is 2.40. The van der Waals surface area contributed by atoms with Crippen LogP contribution in [0.4, 0.5) is 5.69 Å². The van der Waals surface area contributed by atoms with Gasteiger partial charge in [-0.1, -0.05) is 0 Å². The first-order valence-electron chi connectivity index (χ1n) is 6.48. The lowest BCUT2D eigenvalue weighted by molar-refractivity contribution is -0.385. The Kier molecular flexibility index (Phi) is 4.57. The van der Waals surface area contributed by atoms with E-state index in [1.54, 1.807) is 6.07 Å². The molecule has 6 nitrogen and oxygen atoms in total. The lowest BCUT2D eigenvalue weighted by Gasteiger charge is -2.24. The normalized spacial score (nSPS) is 18.9. The van der Waals surface area contributed by atoms with Crippen molar-refractivity contribution in [2.45, 2.75) is 25.9 Å². The fourth-order valence-electron chi connectivity index (χ4n) is 2.09. The van der Waals surface area contributed by atoms with Crippen molar-refractivity contribution in [3.8, 4) is 11.5 Å². The molecule has 1 aromatic carbocycles. The van der Waals surface area contributed by atoms with Gasteiger partial charge in [0.1, 0.15) is 17.6 Å². The third kappa shape index (κ3) is 3.82. The van der Waals surface area contributed by atoms with Crippen LogP contribution in [0.25, 0.3) is 0 Å². The largest absolute Gasteiger partial charge is 0.493 e. The van der Waals surface area contributed by atoms with Crippen molar-refractivity contribution in [3.63, 3.8) is 0 Å². The molecular formula is C13H18N2O4.